The van der Waals surface area contributed by atoms with Gasteiger partial charge in [-0.15, -0.1) is 0 Å². The Morgan fingerprint density at radius 1 is 1.19 bits per heavy atom. The molecule has 0 N–H and O–H groups in total. The maximum Gasteiger partial charge on any atom is 0.105 e. The molecule has 0 amide bonds. The van der Waals surface area contributed by atoms with Gasteiger partial charge in [0.1, 0.15) is 5.82 Å². The number of nitrogens with zero attached hydrogens (tertiary/aromatic N) is 5. The lowest BCUT2D eigenvalue weighted by Gasteiger charge is -2.22. The Balaban J connectivity index is 1.50. The van der Waals surface area contributed by atoms with Gasteiger partial charge in [0.25, 0.3) is 0 Å². The summed E-state index contributed by atoms with van der Waals surface area (Å²) in [6.07, 6.45) is 10.0. The van der Waals surface area contributed by atoms with Crippen molar-refractivity contribution in [1.82, 2.24) is 19.1 Å². The zero-order valence-electron chi connectivity index (χ0n) is 15.9. The van der Waals surface area contributed by atoms with Crippen LogP contribution in [0.4, 0.5) is 5.69 Å². The maximum atomic E-state index is 4.40. The standard InChI is InChI=1S/C21H27N5/c1-4-26-16(2)12-19-13-18(6-7-20(19)26)21-14-22-15-25(21)10-5-9-24-11-8-23-17(24)3/h6-8,11,13-16H,4-5,9-10,12H2,1-3H3/t16-/m0/s1. The monoisotopic (exact) mass is 349 g/mol. The molecular weight excluding hydrogens is 322 g/mol. The molecule has 1 aromatic carbocycles. The van der Waals surface area contributed by atoms with Crippen LogP contribution in [0.5, 0.6) is 0 Å². The fraction of sp³-hybridized carbons (Fsp3) is 0.429. The highest BCUT2D eigenvalue weighted by Gasteiger charge is 2.25. The van der Waals surface area contributed by atoms with Gasteiger partial charge in [0.2, 0.25) is 0 Å². The summed E-state index contributed by atoms with van der Waals surface area (Å²) in [5.41, 5.74) is 5.33. The van der Waals surface area contributed by atoms with E-state index in [9.17, 15) is 0 Å². The van der Waals surface area contributed by atoms with Crippen LogP contribution in [-0.4, -0.2) is 31.7 Å². The van der Waals surface area contributed by atoms with Crippen molar-refractivity contribution in [3.63, 3.8) is 0 Å². The quantitative estimate of drug-likeness (QED) is 0.677. The SMILES string of the molecule is CCN1c2ccc(-c3cncn3CCCn3ccnc3C)cc2C[C@@H]1C. The van der Waals surface area contributed by atoms with Crippen LogP contribution in [0.3, 0.4) is 0 Å². The molecular formula is C21H27N5. The molecule has 0 radical (unpaired) electrons. The Kier molecular flexibility index (Phi) is 4.53. The molecule has 1 aliphatic heterocycles. The fourth-order valence-electron chi connectivity index (χ4n) is 4.13. The highest BCUT2D eigenvalue weighted by atomic mass is 15.2. The smallest absolute Gasteiger partial charge is 0.105 e. The summed E-state index contributed by atoms with van der Waals surface area (Å²) in [5, 5.41) is 0. The molecule has 3 aromatic rings. The van der Waals surface area contributed by atoms with E-state index >= 15 is 0 Å². The molecule has 1 aliphatic rings. The lowest BCUT2D eigenvalue weighted by molar-refractivity contribution is 0.557. The average Bonchev–Trinajstić information content (AvgIpc) is 3.33. The first-order valence-electron chi connectivity index (χ1n) is 9.55. The van der Waals surface area contributed by atoms with E-state index < -0.39 is 0 Å². The Morgan fingerprint density at radius 2 is 2.04 bits per heavy atom. The van der Waals surface area contributed by atoms with Gasteiger partial charge in [-0.1, -0.05) is 6.07 Å². The Labute approximate surface area is 155 Å². The van der Waals surface area contributed by atoms with Gasteiger partial charge < -0.3 is 14.0 Å². The summed E-state index contributed by atoms with van der Waals surface area (Å²) in [7, 11) is 0. The molecule has 0 saturated carbocycles. The van der Waals surface area contributed by atoms with Crippen molar-refractivity contribution in [3.8, 4) is 11.3 Å². The summed E-state index contributed by atoms with van der Waals surface area (Å²) in [4.78, 5) is 11.2. The van der Waals surface area contributed by atoms with E-state index in [1.807, 2.05) is 31.8 Å². The number of aryl methyl sites for hydroxylation is 3. The second-order valence-corrected chi connectivity index (χ2v) is 7.18. The highest BCUT2D eigenvalue weighted by molar-refractivity contribution is 5.69. The number of anilines is 1. The van der Waals surface area contributed by atoms with E-state index in [1.54, 1.807) is 0 Å². The van der Waals surface area contributed by atoms with Gasteiger partial charge in [-0.25, -0.2) is 9.97 Å². The van der Waals surface area contributed by atoms with Crippen LogP contribution >= 0.6 is 0 Å². The third-order valence-corrected chi connectivity index (χ3v) is 5.51. The minimum Gasteiger partial charge on any atom is -0.369 e. The van der Waals surface area contributed by atoms with Gasteiger partial charge >= 0.3 is 0 Å². The second-order valence-electron chi connectivity index (χ2n) is 7.18. The van der Waals surface area contributed by atoms with Crippen molar-refractivity contribution >= 4 is 5.69 Å². The van der Waals surface area contributed by atoms with E-state index in [0.717, 1.165) is 38.3 Å². The third kappa shape index (κ3) is 3.02. The fourth-order valence-corrected chi connectivity index (χ4v) is 4.13. The zero-order chi connectivity index (χ0) is 18.1. The zero-order valence-corrected chi connectivity index (χ0v) is 15.9. The van der Waals surface area contributed by atoms with Crippen molar-refractivity contribution < 1.29 is 0 Å². The van der Waals surface area contributed by atoms with Crippen LogP contribution in [0, 0.1) is 6.92 Å². The van der Waals surface area contributed by atoms with E-state index in [1.165, 1.54) is 22.5 Å². The molecule has 3 heterocycles. The number of benzene rings is 1. The molecule has 2 aromatic heterocycles. The van der Waals surface area contributed by atoms with Gasteiger partial charge in [0.05, 0.1) is 18.2 Å². The first-order valence-corrected chi connectivity index (χ1v) is 9.55. The lowest BCUT2D eigenvalue weighted by Crippen LogP contribution is -2.28. The second kappa shape index (κ2) is 6.98. The number of likely N-dealkylation sites (N-methyl/N-ethyl adjacent to an activating group) is 1. The summed E-state index contributed by atoms with van der Waals surface area (Å²) in [6.45, 7) is 9.60. The van der Waals surface area contributed by atoms with E-state index in [2.05, 4.69) is 56.0 Å². The van der Waals surface area contributed by atoms with Gasteiger partial charge in [-0.3, -0.25) is 0 Å². The largest absolute Gasteiger partial charge is 0.369 e. The molecule has 0 saturated heterocycles. The first kappa shape index (κ1) is 16.9. The Morgan fingerprint density at radius 3 is 2.81 bits per heavy atom. The van der Waals surface area contributed by atoms with Crippen LogP contribution in [0.15, 0.2) is 43.1 Å². The van der Waals surface area contributed by atoms with Crippen LogP contribution in [0.2, 0.25) is 0 Å². The molecule has 0 spiro atoms. The third-order valence-electron chi connectivity index (χ3n) is 5.51. The molecule has 0 fully saturated rings. The molecule has 0 unspecified atom stereocenters. The molecule has 136 valence electrons. The average molecular weight is 349 g/mol. The van der Waals surface area contributed by atoms with Gasteiger partial charge in [-0.2, -0.15) is 0 Å². The predicted molar refractivity (Wildman–Crippen MR) is 105 cm³/mol. The van der Waals surface area contributed by atoms with Crippen LogP contribution in [-0.2, 0) is 19.5 Å². The van der Waals surface area contributed by atoms with E-state index in [0.29, 0.717) is 6.04 Å². The molecule has 1 atom stereocenters. The topological polar surface area (TPSA) is 38.9 Å². The number of rotatable bonds is 6. The minimum absolute atomic E-state index is 0.591. The number of aromatic nitrogens is 4. The van der Waals surface area contributed by atoms with Crippen molar-refractivity contribution in [2.75, 3.05) is 11.4 Å². The van der Waals surface area contributed by atoms with Crippen LogP contribution < -0.4 is 4.90 Å². The molecule has 5 heteroatoms. The first-order chi connectivity index (χ1) is 12.7. The summed E-state index contributed by atoms with van der Waals surface area (Å²) < 4.78 is 4.47. The lowest BCUT2D eigenvalue weighted by atomic mass is 10.1. The Bertz CT molecular complexity index is 891. The summed E-state index contributed by atoms with van der Waals surface area (Å²) in [6, 6.07) is 7.47. The molecule has 26 heavy (non-hydrogen) atoms. The van der Waals surface area contributed by atoms with Crippen molar-refractivity contribution in [2.24, 2.45) is 0 Å². The molecule has 0 bridgehead atoms. The maximum absolute atomic E-state index is 4.40. The predicted octanol–water partition coefficient (Wildman–Crippen LogP) is 3.92. The summed E-state index contributed by atoms with van der Waals surface area (Å²) in [5.74, 6) is 1.07. The van der Waals surface area contributed by atoms with Crippen LogP contribution in [0.1, 0.15) is 31.7 Å². The van der Waals surface area contributed by atoms with Crippen LogP contribution in [0.25, 0.3) is 11.3 Å². The highest BCUT2D eigenvalue weighted by Crippen LogP contribution is 2.35. The summed E-state index contributed by atoms with van der Waals surface area (Å²) >= 11 is 0. The van der Waals surface area contributed by atoms with Gasteiger partial charge in [0, 0.05) is 49.3 Å². The molecule has 4 rings (SSSR count). The normalized spacial score (nSPS) is 16.3. The number of hydrogen-bond donors (Lipinski definition) is 0. The minimum atomic E-state index is 0.591. The molecule has 0 aliphatic carbocycles. The molecule has 5 nitrogen and oxygen atoms in total. The number of fused-ring (bicyclic) bond motifs is 1. The number of imidazole rings is 2. The van der Waals surface area contributed by atoms with Crippen molar-refractivity contribution in [1.29, 1.82) is 0 Å². The van der Waals surface area contributed by atoms with Gasteiger partial charge in [0.15, 0.2) is 0 Å². The number of hydrogen-bond acceptors (Lipinski definition) is 3. The van der Waals surface area contributed by atoms with E-state index in [4.69, 9.17) is 0 Å². The van der Waals surface area contributed by atoms with E-state index in [-0.39, 0.29) is 0 Å². The van der Waals surface area contributed by atoms with Gasteiger partial charge in [-0.05, 0) is 51.3 Å². The van der Waals surface area contributed by atoms with Crippen molar-refractivity contribution in [2.45, 2.75) is 52.7 Å². The van der Waals surface area contributed by atoms with Crippen molar-refractivity contribution in [3.05, 3.63) is 54.5 Å². The Hall–Kier alpha value is -2.56.